The Labute approximate surface area is 115 Å². The van der Waals surface area contributed by atoms with Gasteiger partial charge in [0, 0.05) is 12.1 Å². The fourth-order valence-corrected chi connectivity index (χ4v) is 1.50. The lowest BCUT2D eigenvalue weighted by Crippen LogP contribution is -2.07. The lowest BCUT2D eigenvalue weighted by molar-refractivity contribution is -0.111. The molecule has 4 nitrogen and oxygen atoms in total. The van der Waals surface area contributed by atoms with Crippen LogP contribution in [0.3, 0.4) is 0 Å². The van der Waals surface area contributed by atoms with Crippen molar-refractivity contribution in [3.05, 3.63) is 60.1 Å². The van der Waals surface area contributed by atoms with Crippen molar-refractivity contribution in [1.82, 2.24) is 4.98 Å². The third kappa shape index (κ3) is 3.91. The number of anilines is 1. The van der Waals surface area contributed by atoms with E-state index in [1.165, 1.54) is 31.5 Å². The smallest absolute Gasteiger partial charge is 0.248 e. The minimum Gasteiger partial charge on any atom is -0.481 e. The molecule has 1 amide bonds. The molecule has 1 aromatic heterocycles. The average Bonchev–Trinajstić information content (AvgIpc) is 2.47. The van der Waals surface area contributed by atoms with Crippen LogP contribution in [0.2, 0.25) is 0 Å². The van der Waals surface area contributed by atoms with E-state index in [4.69, 9.17) is 4.74 Å². The van der Waals surface area contributed by atoms with Gasteiger partial charge in [0.05, 0.1) is 19.0 Å². The minimum absolute atomic E-state index is 0.290. The summed E-state index contributed by atoms with van der Waals surface area (Å²) in [6, 6.07) is 9.20. The van der Waals surface area contributed by atoms with Gasteiger partial charge in [0.15, 0.2) is 0 Å². The number of nitrogens with one attached hydrogen (secondary N) is 1. The molecule has 2 rings (SSSR count). The lowest BCUT2D eigenvalue weighted by atomic mass is 10.2. The van der Waals surface area contributed by atoms with Crippen molar-refractivity contribution in [3.8, 4) is 5.88 Å². The summed E-state index contributed by atoms with van der Waals surface area (Å²) in [4.78, 5) is 15.7. The number of methoxy groups -OCH3 is 1. The highest BCUT2D eigenvalue weighted by molar-refractivity contribution is 6.01. The molecule has 1 heterocycles. The van der Waals surface area contributed by atoms with Crippen LogP contribution in [0.25, 0.3) is 6.08 Å². The summed E-state index contributed by atoms with van der Waals surface area (Å²) < 4.78 is 17.6. The number of hydrogen-bond donors (Lipinski definition) is 1. The molecule has 2 aromatic rings. The number of halogens is 1. The van der Waals surface area contributed by atoms with Crippen LogP contribution in [-0.4, -0.2) is 18.0 Å². The Morgan fingerprint density at radius 1 is 1.25 bits per heavy atom. The summed E-state index contributed by atoms with van der Waals surface area (Å²) >= 11 is 0. The molecule has 0 radical (unpaired) electrons. The molecule has 0 unspecified atom stereocenters. The number of ether oxygens (including phenoxy) is 1. The first-order valence-electron chi connectivity index (χ1n) is 5.92. The Kier molecular flexibility index (Phi) is 4.44. The molecular weight excluding hydrogens is 259 g/mol. The highest BCUT2D eigenvalue weighted by Crippen LogP contribution is 2.11. The van der Waals surface area contributed by atoms with E-state index in [0.29, 0.717) is 11.6 Å². The molecule has 102 valence electrons. The van der Waals surface area contributed by atoms with Gasteiger partial charge in [-0.15, -0.1) is 0 Å². The van der Waals surface area contributed by atoms with Crippen molar-refractivity contribution < 1.29 is 13.9 Å². The summed E-state index contributed by atoms with van der Waals surface area (Å²) in [7, 11) is 1.52. The molecule has 0 spiro atoms. The summed E-state index contributed by atoms with van der Waals surface area (Å²) in [6.07, 6.45) is 4.48. The highest BCUT2D eigenvalue weighted by atomic mass is 19.1. The maximum absolute atomic E-state index is 12.7. The number of nitrogens with zero attached hydrogens (tertiary/aromatic N) is 1. The zero-order chi connectivity index (χ0) is 14.4. The van der Waals surface area contributed by atoms with Gasteiger partial charge >= 0.3 is 0 Å². The molecule has 0 atom stereocenters. The van der Waals surface area contributed by atoms with Gasteiger partial charge in [0.25, 0.3) is 0 Å². The Morgan fingerprint density at radius 2 is 2.00 bits per heavy atom. The van der Waals surface area contributed by atoms with Crippen molar-refractivity contribution in [2.75, 3.05) is 12.4 Å². The van der Waals surface area contributed by atoms with Crippen LogP contribution in [0.15, 0.2) is 48.7 Å². The Morgan fingerprint density at radius 3 is 2.60 bits per heavy atom. The quantitative estimate of drug-likeness (QED) is 0.871. The standard InChI is InChI=1S/C15H13FN2O2/c1-20-15-9-7-13(10-17-15)18-14(19)8-4-11-2-5-12(16)6-3-11/h2-10H,1H3,(H,18,19)/b8-4+. The normalized spacial score (nSPS) is 10.5. The Bertz CT molecular complexity index is 607. The first kappa shape index (κ1) is 13.7. The van der Waals surface area contributed by atoms with Crippen LogP contribution in [-0.2, 0) is 4.79 Å². The number of carbonyl (C=O) groups excluding carboxylic acids is 1. The largest absolute Gasteiger partial charge is 0.481 e. The minimum atomic E-state index is -0.309. The topological polar surface area (TPSA) is 51.2 Å². The maximum Gasteiger partial charge on any atom is 0.248 e. The predicted molar refractivity (Wildman–Crippen MR) is 74.9 cm³/mol. The average molecular weight is 272 g/mol. The second-order valence-electron chi connectivity index (χ2n) is 3.96. The molecule has 0 aliphatic carbocycles. The number of pyridine rings is 1. The molecule has 0 saturated heterocycles. The molecule has 0 bridgehead atoms. The monoisotopic (exact) mass is 272 g/mol. The predicted octanol–water partition coefficient (Wildman–Crippen LogP) is 2.88. The van der Waals surface area contributed by atoms with E-state index in [-0.39, 0.29) is 11.7 Å². The van der Waals surface area contributed by atoms with Crippen LogP contribution >= 0.6 is 0 Å². The molecule has 1 N–H and O–H groups in total. The van der Waals surface area contributed by atoms with Crippen LogP contribution in [0, 0.1) is 5.82 Å². The van der Waals surface area contributed by atoms with E-state index in [1.807, 2.05) is 0 Å². The van der Waals surface area contributed by atoms with Gasteiger partial charge in [-0.25, -0.2) is 9.37 Å². The van der Waals surface area contributed by atoms with Gasteiger partial charge < -0.3 is 10.1 Å². The fraction of sp³-hybridized carbons (Fsp3) is 0.0667. The first-order valence-corrected chi connectivity index (χ1v) is 5.92. The number of amides is 1. The van der Waals surface area contributed by atoms with E-state index in [1.54, 1.807) is 30.3 Å². The second kappa shape index (κ2) is 6.47. The number of aromatic nitrogens is 1. The number of rotatable bonds is 4. The second-order valence-corrected chi connectivity index (χ2v) is 3.96. The van der Waals surface area contributed by atoms with Crippen molar-refractivity contribution in [1.29, 1.82) is 0 Å². The molecule has 0 aliphatic heterocycles. The van der Waals surface area contributed by atoms with Crippen molar-refractivity contribution in [2.45, 2.75) is 0 Å². The van der Waals surface area contributed by atoms with Gasteiger partial charge in [-0.2, -0.15) is 0 Å². The Balaban J connectivity index is 1.96. The van der Waals surface area contributed by atoms with Crippen molar-refractivity contribution >= 4 is 17.7 Å². The Hall–Kier alpha value is -2.69. The van der Waals surface area contributed by atoms with Crippen LogP contribution in [0.5, 0.6) is 5.88 Å². The number of hydrogen-bond acceptors (Lipinski definition) is 3. The van der Waals surface area contributed by atoms with Gasteiger partial charge in [-0.05, 0) is 29.8 Å². The molecule has 0 saturated carbocycles. The van der Waals surface area contributed by atoms with Crippen molar-refractivity contribution in [3.63, 3.8) is 0 Å². The SMILES string of the molecule is COc1ccc(NC(=O)/C=C/c2ccc(F)cc2)cn1. The molecule has 5 heteroatoms. The van der Waals surface area contributed by atoms with E-state index in [0.717, 1.165) is 5.56 Å². The fourth-order valence-electron chi connectivity index (χ4n) is 1.50. The van der Waals surface area contributed by atoms with Crippen LogP contribution in [0.1, 0.15) is 5.56 Å². The third-order valence-electron chi connectivity index (χ3n) is 2.51. The number of carbonyl (C=O) groups is 1. The summed E-state index contributed by atoms with van der Waals surface area (Å²) in [6.45, 7) is 0. The summed E-state index contributed by atoms with van der Waals surface area (Å²) in [5.41, 5.74) is 1.31. The van der Waals surface area contributed by atoms with Gasteiger partial charge in [-0.3, -0.25) is 4.79 Å². The molecular formula is C15H13FN2O2. The highest BCUT2D eigenvalue weighted by Gasteiger charge is 1.99. The number of benzene rings is 1. The van der Waals surface area contributed by atoms with Gasteiger partial charge in [0.1, 0.15) is 5.82 Å². The van der Waals surface area contributed by atoms with Gasteiger partial charge in [-0.1, -0.05) is 12.1 Å². The summed E-state index contributed by atoms with van der Waals surface area (Å²) in [5, 5.41) is 2.66. The van der Waals surface area contributed by atoms with E-state index >= 15 is 0 Å². The maximum atomic E-state index is 12.7. The first-order chi connectivity index (χ1) is 9.67. The third-order valence-corrected chi connectivity index (χ3v) is 2.51. The molecule has 0 aliphatic rings. The van der Waals surface area contributed by atoms with E-state index in [9.17, 15) is 9.18 Å². The molecule has 0 fully saturated rings. The lowest BCUT2D eigenvalue weighted by Gasteiger charge is -2.02. The summed E-state index contributed by atoms with van der Waals surface area (Å²) in [5.74, 6) is -0.123. The molecule has 1 aromatic carbocycles. The van der Waals surface area contributed by atoms with Crippen LogP contribution in [0.4, 0.5) is 10.1 Å². The molecule has 20 heavy (non-hydrogen) atoms. The van der Waals surface area contributed by atoms with E-state index < -0.39 is 0 Å². The zero-order valence-electron chi connectivity index (χ0n) is 10.8. The van der Waals surface area contributed by atoms with Crippen LogP contribution < -0.4 is 10.1 Å². The van der Waals surface area contributed by atoms with Crippen molar-refractivity contribution in [2.24, 2.45) is 0 Å². The zero-order valence-corrected chi connectivity index (χ0v) is 10.8. The van der Waals surface area contributed by atoms with Gasteiger partial charge in [0.2, 0.25) is 11.8 Å². The van der Waals surface area contributed by atoms with E-state index in [2.05, 4.69) is 10.3 Å².